The van der Waals surface area contributed by atoms with Crippen LogP contribution in [0.1, 0.15) is 10.4 Å². The first kappa shape index (κ1) is 18.5. The molecular weight excluding hydrogens is 386 g/mol. The minimum Gasteiger partial charge on any atom is -0.298 e. The maximum absolute atomic E-state index is 12.7. The molecule has 4 aromatic rings. The fourth-order valence-corrected chi connectivity index (χ4v) is 3.93. The number of aromatic nitrogens is 1. The molecule has 0 aliphatic heterocycles. The molecule has 0 atom stereocenters. The number of thiazole rings is 1. The number of nitro benzene ring substituents is 1. The summed E-state index contributed by atoms with van der Waals surface area (Å²) >= 11 is 1.33. The predicted octanol–water partition coefficient (Wildman–Crippen LogP) is 5.64. The van der Waals surface area contributed by atoms with Crippen molar-refractivity contribution < 1.29 is 9.72 Å². The maximum atomic E-state index is 12.7. The Hall–Kier alpha value is -3.84. The standard InChI is InChI=1S/C22H15N3O3S/c26-21(17-13-7-8-14-18(17)25(27)28)24-22-23-19(15-9-3-1-4-10-15)20(29-22)16-11-5-2-6-12-16/h1-14H,(H,23,24,26). The number of rotatable bonds is 5. The molecule has 0 saturated carbocycles. The molecule has 1 heterocycles. The van der Waals surface area contributed by atoms with E-state index >= 15 is 0 Å². The van der Waals surface area contributed by atoms with Crippen LogP contribution in [0.3, 0.4) is 0 Å². The van der Waals surface area contributed by atoms with Gasteiger partial charge in [0.2, 0.25) is 0 Å². The monoisotopic (exact) mass is 401 g/mol. The number of carbonyl (C=O) groups is 1. The van der Waals surface area contributed by atoms with Gasteiger partial charge in [-0.25, -0.2) is 4.98 Å². The first-order valence-electron chi connectivity index (χ1n) is 8.80. The summed E-state index contributed by atoms with van der Waals surface area (Å²) < 4.78 is 0. The fourth-order valence-electron chi connectivity index (χ4n) is 2.94. The van der Waals surface area contributed by atoms with Gasteiger partial charge in [-0.1, -0.05) is 84.1 Å². The molecule has 0 saturated heterocycles. The van der Waals surface area contributed by atoms with Crippen LogP contribution in [0.25, 0.3) is 21.7 Å². The van der Waals surface area contributed by atoms with Crippen LogP contribution in [0.2, 0.25) is 0 Å². The molecule has 0 spiro atoms. The normalized spacial score (nSPS) is 10.5. The predicted molar refractivity (Wildman–Crippen MR) is 114 cm³/mol. The van der Waals surface area contributed by atoms with Crippen LogP contribution in [0, 0.1) is 10.1 Å². The van der Waals surface area contributed by atoms with Gasteiger partial charge in [0.25, 0.3) is 11.6 Å². The van der Waals surface area contributed by atoms with Crippen molar-refractivity contribution >= 4 is 28.1 Å². The van der Waals surface area contributed by atoms with Gasteiger partial charge in [0, 0.05) is 11.6 Å². The summed E-state index contributed by atoms with van der Waals surface area (Å²) in [4.78, 5) is 28.9. The summed E-state index contributed by atoms with van der Waals surface area (Å²) in [6.07, 6.45) is 0. The molecule has 0 fully saturated rings. The molecule has 0 unspecified atom stereocenters. The molecular formula is C22H15N3O3S. The van der Waals surface area contributed by atoms with Crippen molar-refractivity contribution in [3.8, 4) is 21.7 Å². The summed E-state index contributed by atoms with van der Waals surface area (Å²) in [6, 6.07) is 25.3. The molecule has 3 aromatic carbocycles. The summed E-state index contributed by atoms with van der Waals surface area (Å²) in [5.74, 6) is -0.565. The molecule has 0 radical (unpaired) electrons. The highest BCUT2D eigenvalue weighted by atomic mass is 32.1. The third kappa shape index (κ3) is 3.90. The summed E-state index contributed by atoms with van der Waals surface area (Å²) in [5.41, 5.74) is 2.41. The van der Waals surface area contributed by atoms with E-state index in [4.69, 9.17) is 0 Å². The van der Waals surface area contributed by atoms with Crippen molar-refractivity contribution in [2.75, 3.05) is 5.32 Å². The van der Waals surface area contributed by atoms with Gasteiger partial charge in [-0.15, -0.1) is 0 Å². The first-order valence-corrected chi connectivity index (χ1v) is 9.61. The Morgan fingerprint density at radius 3 is 2.10 bits per heavy atom. The van der Waals surface area contributed by atoms with E-state index in [9.17, 15) is 14.9 Å². The Labute approximate surface area is 170 Å². The number of anilines is 1. The number of nitro groups is 1. The molecule has 6 nitrogen and oxygen atoms in total. The fraction of sp³-hybridized carbons (Fsp3) is 0. The van der Waals surface area contributed by atoms with Gasteiger partial charge >= 0.3 is 0 Å². The molecule has 142 valence electrons. The number of benzene rings is 3. The zero-order valence-corrected chi connectivity index (χ0v) is 15.9. The van der Waals surface area contributed by atoms with Gasteiger partial charge in [0.1, 0.15) is 5.56 Å². The summed E-state index contributed by atoms with van der Waals surface area (Å²) in [7, 11) is 0. The van der Waals surface area contributed by atoms with E-state index in [0.29, 0.717) is 5.13 Å². The second-order valence-corrected chi connectivity index (χ2v) is 7.16. The van der Waals surface area contributed by atoms with Crippen molar-refractivity contribution in [3.05, 3.63) is 101 Å². The largest absolute Gasteiger partial charge is 0.298 e. The van der Waals surface area contributed by atoms with Crippen LogP contribution in [0.4, 0.5) is 10.8 Å². The first-order chi connectivity index (χ1) is 14.1. The van der Waals surface area contributed by atoms with Gasteiger partial charge in [-0.3, -0.25) is 20.2 Å². The van der Waals surface area contributed by atoms with Crippen LogP contribution >= 0.6 is 11.3 Å². The Morgan fingerprint density at radius 2 is 1.45 bits per heavy atom. The van der Waals surface area contributed by atoms with Gasteiger partial charge < -0.3 is 0 Å². The Morgan fingerprint density at radius 1 is 0.862 bits per heavy atom. The van der Waals surface area contributed by atoms with E-state index in [2.05, 4.69) is 10.3 Å². The number of hydrogen-bond donors (Lipinski definition) is 1. The number of carbonyl (C=O) groups excluding carboxylic acids is 1. The average Bonchev–Trinajstić information content (AvgIpc) is 3.18. The zero-order valence-electron chi connectivity index (χ0n) is 15.1. The molecule has 1 N–H and O–H groups in total. The van der Waals surface area contributed by atoms with Crippen molar-refractivity contribution in [3.63, 3.8) is 0 Å². The highest BCUT2D eigenvalue weighted by molar-refractivity contribution is 7.19. The van der Waals surface area contributed by atoms with Crippen molar-refractivity contribution in [2.24, 2.45) is 0 Å². The third-order valence-corrected chi connectivity index (χ3v) is 5.30. The Bertz CT molecular complexity index is 1120. The third-order valence-electron chi connectivity index (χ3n) is 4.28. The lowest BCUT2D eigenvalue weighted by atomic mass is 10.1. The topological polar surface area (TPSA) is 85.1 Å². The number of nitrogens with zero attached hydrogens (tertiary/aromatic N) is 2. The maximum Gasteiger partial charge on any atom is 0.282 e. The quantitative estimate of drug-likeness (QED) is 0.346. The van der Waals surface area contributed by atoms with Crippen LogP contribution in [-0.4, -0.2) is 15.8 Å². The van der Waals surface area contributed by atoms with Crippen molar-refractivity contribution in [1.82, 2.24) is 4.98 Å². The van der Waals surface area contributed by atoms with Crippen LogP contribution in [0.15, 0.2) is 84.9 Å². The van der Waals surface area contributed by atoms with E-state index in [-0.39, 0.29) is 11.3 Å². The average molecular weight is 401 g/mol. The second-order valence-electron chi connectivity index (χ2n) is 6.16. The second kappa shape index (κ2) is 8.04. The summed E-state index contributed by atoms with van der Waals surface area (Å²) in [6.45, 7) is 0. The molecule has 0 aliphatic carbocycles. The number of hydrogen-bond acceptors (Lipinski definition) is 5. The molecule has 29 heavy (non-hydrogen) atoms. The van der Waals surface area contributed by atoms with E-state index < -0.39 is 10.8 Å². The minimum atomic E-state index is -0.568. The van der Waals surface area contributed by atoms with Crippen LogP contribution in [0.5, 0.6) is 0 Å². The highest BCUT2D eigenvalue weighted by Gasteiger charge is 2.22. The van der Waals surface area contributed by atoms with E-state index in [0.717, 1.165) is 21.7 Å². The SMILES string of the molecule is O=C(Nc1nc(-c2ccccc2)c(-c2ccccc2)s1)c1ccccc1[N+](=O)[O-]. The Kier molecular flexibility index (Phi) is 5.13. The zero-order chi connectivity index (χ0) is 20.2. The summed E-state index contributed by atoms with van der Waals surface area (Å²) in [5, 5.41) is 14.3. The minimum absolute atomic E-state index is 0.00442. The number of amides is 1. The lowest BCUT2D eigenvalue weighted by Gasteiger charge is -2.02. The highest BCUT2D eigenvalue weighted by Crippen LogP contribution is 2.39. The van der Waals surface area contributed by atoms with E-state index in [1.807, 2.05) is 60.7 Å². The molecule has 1 aromatic heterocycles. The van der Waals surface area contributed by atoms with E-state index in [1.165, 1.54) is 29.5 Å². The lowest BCUT2D eigenvalue weighted by molar-refractivity contribution is -0.385. The Balaban J connectivity index is 1.73. The molecule has 1 amide bonds. The van der Waals surface area contributed by atoms with Crippen molar-refractivity contribution in [1.29, 1.82) is 0 Å². The van der Waals surface area contributed by atoms with Crippen LogP contribution in [-0.2, 0) is 0 Å². The number of para-hydroxylation sites is 1. The van der Waals surface area contributed by atoms with Gasteiger partial charge in [0.05, 0.1) is 15.5 Å². The molecule has 0 bridgehead atoms. The molecule has 0 aliphatic rings. The van der Waals surface area contributed by atoms with Crippen LogP contribution < -0.4 is 5.32 Å². The molecule has 4 rings (SSSR count). The lowest BCUT2D eigenvalue weighted by Crippen LogP contribution is -2.13. The molecule has 7 heteroatoms. The smallest absolute Gasteiger partial charge is 0.282 e. The van der Waals surface area contributed by atoms with E-state index in [1.54, 1.807) is 6.07 Å². The number of nitrogens with one attached hydrogen (secondary N) is 1. The van der Waals surface area contributed by atoms with Gasteiger partial charge in [0.15, 0.2) is 5.13 Å². The van der Waals surface area contributed by atoms with Crippen molar-refractivity contribution in [2.45, 2.75) is 0 Å². The van der Waals surface area contributed by atoms with Gasteiger partial charge in [-0.2, -0.15) is 0 Å². The van der Waals surface area contributed by atoms with Gasteiger partial charge in [-0.05, 0) is 11.6 Å².